The summed E-state index contributed by atoms with van der Waals surface area (Å²) in [5.41, 5.74) is 1.52. The van der Waals surface area contributed by atoms with Crippen LogP contribution in [0.1, 0.15) is 16.1 Å². The van der Waals surface area contributed by atoms with Crippen LogP contribution in [0.4, 0.5) is 0 Å². The monoisotopic (exact) mass is 334 g/mol. The van der Waals surface area contributed by atoms with Crippen LogP contribution in [0.5, 0.6) is 5.75 Å². The van der Waals surface area contributed by atoms with E-state index in [9.17, 15) is 4.79 Å². The number of ether oxygens (including phenoxy) is 1. The van der Waals surface area contributed by atoms with E-state index in [0.717, 1.165) is 17.7 Å². The van der Waals surface area contributed by atoms with Crippen molar-refractivity contribution in [2.45, 2.75) is 6.42 Å². The minimum Gasteiger partial charge on any atom is -0.497 e. The lowest BCUT2D eigenvalue weighted by molar-refractivity contribution is 0.0949. The second kappa shape index (κ2) is 7.05. The van der Waals surface area contributed by atoms with Crippen molar-refractivity contribution < 1.29 is 9.53 Å². The number of hydrogen-bond donors (Lipinski definition) is 1. The molecule has 20 heavy (non-hydrogen) atoms. The van der Waals surface area contributed by atoms with E-state index >= 15 is 0 Å². The average molecular weight is 335 g/mol. The maximum Gasteiger partial charge on any atom is 0.269 e. The molecule has 2 rings (SSSR count). The predicted octanol–water partition coefficient (Wildman–Crippen LogP) is 2.83. The highest BCUT2D eigenvalue weighted by molar-refractivity contribution is 9.10. The second-order valence-corrected chi connectivity index (χ2v) is 5.02. The standard InChI is InChI=1S/C15H15BrN2O2/c1-20-12-5-2-4-11(10-12)8-9-17-15(19)13-6-3-7-14(16)18-13/h2-7,10H,8-9H2,1H3,(H,17,19). The van der Waals surface area contributed by atoms with Gasteiger partial charge in [0.1, 0.15) is 16.0 Å². The largest absolute Gasteiger partial charge is 0.497 e. The van der Waals surface area contributed by atoms with Crippen LogP contribution in [0.15, 0.2) is 47.1 Å². The summed E-state index contributed by atoms with van der Waals surface area (Å²) < 4.78 is 5.81. The first-order chi connectivity index (χ1) is 9.69. The summed E-state index contributed by atoms with van der Waals surface area (Å²) in [6.07, 6.45) is 0.747. The van der Waals surface area contributed by atoms with Gasteiger partial charge in [0.05, 0.1) is 7.11 Å². The minimum atomic E-state index is -0.172. The van der Waals surface area contributed by atoms with Gasteiger partial charge in [-0.25, -0.2) is 4.98 Å². The van der Waals surface area contributed by atoms with Crippen molar-refractivity contribution in [1.82, 2.24) is 10.3 Å². The lowest BCUT2D eigenvalue weighted by atomic mass is 10.1. The van der Waals surface area contributed by atoms with Crippen LogP contribution in [0.25, 0.3) is 0 Å². The van der Waals surface area contributed by atoms with Crippen LogP contribution in [0, 0.1) is 0 Å². The predicted molar refractivity (Wildman–Crippen MR) is 81.0 cm³/mol. The van der Waals surface area contributed by atoms with Crippen LogP contribution in [0.3, 0.4) is 0 Å². The Hall–Kier alpha value is -1.88. The molecular formula is C15H15BrN2O2. The van der Waals surface area contributed by atoms with Gasteiger partial charge in [0.15, 0.2) is 0 Å². The number of carbonyl (C=O) groups excluding carboxylic acids is 1. The molecule has 5 heteroatoms. The minimum absolute atomic E-state index is 0.172. The highest BCUT2D eigenvalue weighted by Gasteiger charge is 2.06. The van der Waals surface area contributed by atoms with Gasteiger partial charge in [0.25, 0.3) is 5.91 Å². The molecular weight excluding hydrogens is 320 g/mol. The van der Waals surface area contributed by atoms with Gasteiger partial charge in [-0.05, 0) is 52.2 Å². The first-order valence-corrected chi connectivity index (χ1v) is 7.02. The van der Waals surface area contributed by atoms with E-state index in [4.69, 9.17) is 4.74 Å². The van der Waals surface area contributed by atoms with Crippen LogP contribution < -0.4 is 10.1 Å². The van der Waals surface area contributed by atoms with Gasteiger partial charge in [-0.1, -0.05) is 18.2 Å². The summed E-state index contributed by atoms with van der Waals surface area (Å²) >= 11 is 3.25. The van der Waals surface area contributed by atoms with Crippen molar-refractivity contribution in [2.75, 3.05) is 13.7 Å². The first-order valence-electron chi connectivity index (χ1n) is 6.23. The number of nitrogens with zero attached hydrogens (tertiary/aromatic N) is 1. The van der Waals surface area contributed by atoms with Crippen molar-refractivity contribution >= 4 is 21.8 Å². The molecule has 0 radical (unpaired) electrons. The van der Waals surface area contributed by atoms with Crippen LogP contribution in [-0.2, 0) is 6.42 Å². The van der Waals surface area contributed by atoms with E-state index in [-0.39, 0.29) is 5.91 Å². The maximum atomic E-state index is 11.9. The number of hydrogen-bond acceptors (Lipinski definition) is 3. The molecule has 0 atom stereocenters. The topological polar surface area (TPSA) is 51.2 Å². The number of benzene rings is 1. The van der Waals surface area contributed by atoms with E-state index in [2.05, 4.69) is 26.2 Å². The number of amides is 1. The number of pyridine rings is 1. The average Bonchev–Trinajstić information content (AvgIpc) is 2.47. The molecule has 104 valence electrons. The Labute approximate surface area is 126 Å². The fourth-order valence-electron chi connectivity index (χ4n) is 1.77. The van der Waals surface area contributed by atoms with E-state index in [1.54, 1.807) is 25.3 Å². The smallest absolute Gasteiger partial charge is 0.269 e. The highest BCUT2D eigenvalue weighted by Crippen LogP contribution is 2.12. The summed E-state index contributed by atoms with van der Waals surface area (Å²) in [5, 5.41) is 2.85. The van der Waals surface area contributed by atoms with Gasteiger partial charge < -0.3 is 10.1 Å². The molecule has 1 aromatic heterocycles. The molecule has 0 saturated carbocycles. The quantitative estimate of drug-likeness (QED) is 0.855. The molecule has 4 nitrogen and oxygen atoms in total. The zero-order chi connectivity index (χ0) is 14.4. The zero-order valence-corrected chi connectivity index (χ0v) is 12.7. The van der Waals surface area contributed by atoms with Gasteiger partial charge in [-0.3, -0.25) is 4.79 Å². The van der Waals surface area contributed by atoms with E-state index < -0.39 is 0 Å². The van der Waals surface area contributed by atoms with E-state index in [1.165, 1.54) is 0 Å². The number of rotatable bonds is 5. The van der Waals surface area contributed by atoms with Crippen molar-refractivity contribution in [3.8, 4) is 5.75 Å². The summed E-state index contributed by atoms with van der Waals surface area (Å²) in [6.45, 7) is 0.556. The molecule has 0 aliphatic rings. The molecule has 2 aromatic rings. The molecule has 1 N–H and O–H groups in total. The number of methoxy groups -OCH3 is 1. The number of halogens is 1. The summed E-state index contributed by atoms with van der Waals surface area (Å²) in [5.74, 6) is 0.650. The van der Waals surface area contributed by atoms with E-state index in [0.29, 0.717) is 16.8 Å². The summed E-state index contributed by atoms with van der Waals surface area (Å²) in [7, 11) is 1.64. The van der Waals surface area contributed by atoms with Gasteiger partial charge in [-0.2, -0.15) is 0 Å². The molecule has 1 aromatic carbocycles. The van der Waals surface area contributed by atoms with Crippen LogP contribution in [0.2, 0.25) is 0 Å². The van der Waals surface area contributed by atoms with E-state index in [1.807, 2.05) is 24.3 Å². The molecule has 0 aliphatic carbocycles. The molecule has 0 unspecified atom stereocenters. The second-order valence-electron chi connectivity index (χ2n) is 4.20. The molecule has 0 aliphatic heterocycles. The lowest BCUT2D eigenvalue weighted by Crippen LogP contribution is -2.26. The van der Waals surface area contributed by atoms with Crippen LogP contribution >= 0.6 is 15.9 Å². The zero-order valence-electron chi connectivity index (χ0n) is 11.1. The third-order valence-corrected chi connectivity index (χ3v) is 3.22. The Kier molecular flexibility index (Phi) is 5.12. The first kappa shape index (κ1) is 14.5. The molecule has 1 amide bonds. The van der Waals surface area contributed by atoms with Gasteiger partial charge >= 0.3 is 0 Å². The van der Waals surface area contributed by atoms with Crippen molar-refractivity contribution in [1.29, 1.82) is 0 Å². The number of aromatic nitrogens is 1. The van der Waals surface area contributed by atoms with Gasteiger partial charge in [0, 0.05) is 6.54 Å². The third-order valence-electron chi connectivity index (χ3n) is 2.78. The Morgan fingerprint density at radius 3 is 2.85 bits per heavy atom. The number of nitrogens with one attached hydrogen (secondary N) is 1. The molecule has 0 spiro atoms. The molecule has 0 saturated heterocycles. The van der Waals surface area contributed by atoms with Crippen molar-refractivity contribution in [3.05, 3.63) is 58.3 Å². The Bertz CT molecular complexity index is 602. The molecule has 0 fully saturated rings. The highest BCUT2D eigenvalue weighted by atomic mass is 79.9. The third kappa shape index (κ3) is 4.06. The SMILES string of the molecule is COc1cccc(CCNC(=O)c2cccc(Br)n2)c1. The Morgan fingerprint density at radius 2 is 2.10 bits per heavy atom. The van der Waals surface area contributed by atoms with Crippen molar-refractivity contribution in [3.63, 3.8) is 0 Å². The van der Waals surface area contributed by atoms with Crippen LogP contribution in [-0.4, -0.2) is 24.5 Å². The molecule has 0 bridgehead atoms. The summed E-state index contributed by atoms with van der Waals surface area (Å²) in [4.78, 5) is 16.0. The maximum absolute atomic E-state index is 11.9. The Balaban J connectivity index is 1.88. The lowest BCUT2D eigenvalue weighted by Gasteiger charge is -2.06. The molecule has 1 heterocycles. The Morgan fingerprint density at radius 1 is 1.30 bits per heavy atom. The number of carbonyl (C=O) groups is 1. The van der Waals surface area contributed by atoms with Gasteiger partial charge in [-0.15, -0.1) is 0 Å². The fourth-order valence-corrected chi connectivity index (χ4v) is 2.12. The van der Waals surface area contributed by atoms with Gasteiger partial charge in [0.2, 0.25) is 0 Å². The normalized spacial score (nSPS) is 10.1. The van der Waals surface area contributed by atoms with Crippen molar-refractivity contribution in [2.24, 2.45) is 0 Å². The summed E-state index contributed by atoms with van der Waals surface area (Å²) in [6, 6.07) is 13.1. The fraction of sp³-hybridized carbons (Fsp3) is 0.200.